The van der Waals surface area contributed by atoms with Gasteiger partial charge in [-0.1, -0.05) is 12.1 Å². The first kappa shape index (κ1) is 17.1. The molecule has 1 aliphatic heterocycles. The van der Waals surface area contributed by atoms with Crippen molar-refractivity contribution < 1.29 is 0 Å². The summed E-state index contributed by atoms with van der Waals surface area (Å²) in [4.78, 5) is 13.8. The number of nitrogens with one attached hydrogen (secondary N) is 1. The number of imidazole rings is 1. The van der Waals surface area contributed by atoms with E-state index >= 15 is 0 Å². The van der Waals surface area contributed by atoms with Crippen LogP contribution in [0.3, 0.4) is 0 Å². The molecule has 0 saturated carbocycles. The third kappa shape index (κ3) is 3.08. The van der Waals surface area contributed by atoms with Crippen LogP contribution in [-0.2, 0) is 0 Å². The van der Waals surface area contributed by atoms with Crippen LogP contribution in [0.15, 0.2) is 67.3 Å². The predicted molar refractivity (Wildman–Crippen MR) is 110 cm³/mol. The van der Waals surface area contributed by atoms with E-state index in [0.29, 0.717) is 0 Å². The molecule has 0 unspecified atom stereocenters. The van der Waals surface area contributed by atoms with Crippen LogP contribution in [-0.4, -0.2) is 19.4 Å². The van der Waals surface area contributed by atoms with Gasteiger partial charge in [0.1, 0.15) is 5.65 Å². The maximum atomic E-state index is 4.93. The van der Waals surface area contributed by atoms with Crippen LogP contribution >= 0.6 is 0 Å². The quantitative estimate of drug-likeness (QED) is 0.571. The number of pyridine rings is 3. The fraction of sp³-hybridized carbons (Fsp3) is 0.261. The van der Waals surface area contributed by atoms with Gasteiger partial charge in [0.25, 0.3) is 0 Å². The van der Waals surface area contributed by atoms with E-state index in [9.17, 15) is 0 Å². The molecule has 0 radical (unpaired) electrons. The van der Waals surface area contributed by atoms with E-state index in [1.165, 1.54) is 12.0 Å². The first-order valence-corrected chi connectivity index (χ1v) is 9.85. The highest BCUT2D eigenvalue weighted by atomic mass is 15.1. The number of hydrogen-bond acceptors (Lipinski definition) is 4. The summed E-state index contributed by atoms with van der Waals surface area (Å²) in [5.74, 6) is 0. The molecule has 4 aromatic rings. The van der Waals surface area contributed by atoms with Gasteiger partial charge in [0.2, 0.25) is 0 Å². The number of nitrogens with zero attached hydrogens (tertiary/aromatic N) is 4. The molecule has 5 heterocycles. The topological polar surface area (TPSA) is 55.1 Å². The SMILES string of the molecule is Cc1cccnc1[C@@H]1CCC[C@H](c2cn3c(-c4cccnc4)cccc3n2)N1. The molecule has 4 aromatic heterocycles. The van der Waals surface area contributed by atoms with E-state index in [4.69, 9.17) is 4.98 Å². The highest BCUT2D eigenvalue weighted by Crippen LogP contribution is 2.33. The minimum atomic E-state index is 0.238. The maximum Gasteiger partial charge on any atom is 0.137 e. The molecule has 140 valence electrons. The Kier molecular flexibility index (Phi) is 4.37. The Hall–Kier alpha value is -3.05. The van der Waals surface area contributed by atoms with Crippen molar-refractivity contribution in [2.75, 3.05) is 0 Å². The number of rotatable bonds is 3. The molecule has 0 amide bonds. The van der Waals surface area contributed by atoms with Crippen LogP contribution in [0.5, 0.6) is 0 Å². The highest BCUT2D eigenvalue weighted by Gasteiger charge is 2.27. The van der Waals surface area contributed by atoms with Gasteiger partial charge in [0.05, 0.1) is 29.2 Å². The fourth-order valence-electron chi connectivity index (χ4n) is 4.19. The summed E-state index contributed by atoms with van der Waals surface area (Å²) in [7, 11) is 0. The van der Waals surface area contributed by atoms with Gasteiger partial charge in [-0.2, -0.15) is 0 Å². The monoisotopic (exact) mass is 369 g/mol. The van der Waals surface area contributed by atoms with E-state index < -0.39 is 0 Å². The normalized spacial score (nSPS) is 19.8. The Balaban J connectivity index is 1.49. The first-order valence-electron chi connectivity index (χ1n) is 9.85. The van der Waals surface area contributed by atoms with Crippen LogP contribution < -0.4 is 5.32 Å². The van der Waals surface area contributed by atoms with Crippen molar-refractivity contribution >= 4 is 5.65 Å². The van der Waals surface area contributed by atoms with Gasteiger partial charge >= 0.3 is 0 Å². The van der Waals surface area contributed by atoms with Crippen molar-refractivity contribution in [2.45, 2.75) is 38.3 Å². The molecule has 2 atom stereocenters. The zero-order valence-electron chi connectivity index (χ0n) is 15.9. The van der Waals surface area contributed by atoms with E-state index in [1.807, 2.05) is 24.5 Å². The number of hydrogen-bond donors (Lipinski definition) is 1. The minimum Gasteiger partial charge on any atom is -0.300 e. The van der Waals surface area contributed by atoms with Crippen molar-refractivity contribution in [1.82, 2.24) is 24.7 Å². The third-order valence-electron chi connectivity index (χ3n) is 5.59. The van der Waals surface area contributed by atoms with E-state index in [1.54, 1.807) is 6.20 Å². The van der Waals surface area contributed by atoms with Crippen LogP contribution in [0, 0.1) is 6.92 Å². The summed E-state index contributed by atoms with van der Waals surface area (Å²) >= 11 is 0. The molecule has 0 spiro atoms. The molecule has 5 heteroatoms. The fourth-order valence-corrected chi connectivity index (χ4v) is 4.19. The van der Waals surface area contributed by atoms with Crippen molar-refractivity contribution in [1.29, 1.82) is 0 Å². The second kappa shape index (κ2) is 7.17. The summed E-state index contributed by atoms with van der Waals surface area (Å²) in [6.45, 7) is 2.14. The lowest BCUT2D eigenvalue weighted by atomic mass is 9.93. The van der Waals surface area contributed by atoms with Crippen LogP contribution in [0.25, 0.3) is 16.9 Å². The van der Waals surface area contributed by atoms with Gasteiger partial charge in [0.15, 0.2) is 0 Å². The van der Waals surface area contributed by atoms with Gasteiger partial charge in [-0.3, -0.25) is 14.4 Å². The minimum absolute atomic E-state index is 0.238. The standard InChI is InChI=1S/C23H23N5/c1-16-6-4-13-25-23(16)19-9-2-8-18(26-19)20-15-28-21(10-3-11-22(28)27-20)17-7-5-12-24-14-17/h3-7,10-15,18-19,26H,2,8-9H2,1H3/t18-,19+/m1/s1. The van der Waals surface area contributed by atoms with Crippen molar-refractivity contribution in [3.05, 3.63) is 84.2 Å². The van der Waals surface area contributed by atoms with E-state index in [0.717, 1.165) is 41.1 Å². The molecule has 0 aliphatic carbocycles. The van der Waals surface area contributed by atoms with Crippen molar-refractivity contribution in [2.24, 2.45) is 0 Å². The number of fused-ring (bicyclic) bond motifs is 1. The first-order chi connectivity index (χ1) is 13.8. The average Bonchev–Trinajstić information content (AvgIpc) is 3.19. The van der Waals surface area contributed by atoms with Gasteiger partial charge in [-0.05, 0) is 62.1 Å². The smallest absolute Gasteiger partial charge is 0.137 e. The summed E-state index contributed by atoms with van der Waals surface area (Å²) in [5, 5.41) is 3.80. The lowest BCUT2D eigenvalue weighted by Crippen LogP contribution is -2.32. The number of aryl methyl sites for hydroxylation is 1. The molecule has 1 N–H and O–H groups in total. The van der Waals surface area contributed by atoms with Gasteiger partial charge in [0, 0.05) is 30.4 Å². The van der Waals surface area contributed by atoms with E-state index in [-0.39, 0.29) is 12.1 Å². The molecule has 0 aromatic carbocycles. The lowest BCUT2D eigenvalue weighted by molar-refractivity contribution is 0.321. The van der Waals surface area contributed by atoms with Crippen LogP contribution in [0.1, 0.15) is 48.3 Å². The van der Waals surface area contributed by atoms with Gasteiger partial charge < -0.3 is 5.32 Å². The van der Waals surface area contributed by atoms with Crippen LogP contribution in [0.4, 0.5) is 0 Å². The molecule has 1 aliphatic rings. The zero-order valence-corrected chi connectivity index (χ0v) is 15.9. The van der Waals surface area contributed by atoms with Crippen molar-refractivity contribution in [3.63, 3.8) is 0 Å². The molecule has 0 bridgehead atoms. The maximum absolute atomic E-state index is 4.93. The summed E-state index contributed by atoms with van der Waals surface area (Å²) in [6, 6.07) is 14.9. The molecule has 28 heavy (non-hydrogen) atoms. The van der Waals surface area contributed by atoms with Crippen LogP contribution in [0.2, 0.25) is 0 Å². The third-order valence-corrected chi connectivity index (χ3v) is 5.59. The molecule has 5 rings (SSSR count). The Labute approximate surface area is 164 Å². The van der Waals surface area contributed by atoms with Gasteiger partial charge in [-0.15, -0.1) is 0 Å². The largest absolute Gasteiger partial charge is 0.300 e. The zero-order chi connectivity index (χ0) is 18.9. The number of piperidine rings is 1. The average molecular weight is 369 g/mol. The molecule has 5 nitrogen and oxygen atoms in total. The highest BCUT2D eigenvalue weighted by molar-refractivity contribution is 5.63. The second-order valence-corrected chi connectivity index (χ2v) is 7.45. The van der Waals surface area contributed by atoms with Crippen molar-refractivity contribution in [3.8, 4) is 11.3 Å². The lowest BCUT2D eigenvalue weighted by Gasteiger charge is -2.30. The summed E-state index contributed by atoms with van der Waals surface area (Å²) in [5.41, 5.74) is 6.67. The Morgan fingerprint density at radius 1 is 1.00 bits per heavy atom. The molecular weight excluding hydrogens is 346 g/mol. The number of aromatic nitrogens is 4. The Bertz CT molecular complexity index is 1100. The van der Waals surface area contributed by atoms with Gasteiger partial charge in [-0.25, -0.2) is 4.98 Å². The summed E-state index contributed by atoms with van der Waals surface area (Å²) < 4.78 is 2.17. The second-order valence-electron chi connectivity index (χ2n) is 7.45. The summed E-state index contributed by atoms with van der Waals surface area (Å²) in [6.07, 6.45) is 11.1. The predicted octanol–water partition coefficient (Wildman–Crippen LogP) is 4.66. The Morgan fingerprint density at radius 2 is 1.89 bits per heavy atom. The molecule has 1 saturated heterocycles. The Morgan fingerprint density at radius 3 is 2.75 bits per heavy atom. The molecule has 1 fully saturated rings. The van der Waals surface area contributed by atoms with E-state index in [2.05, 4.69) is 63.1 Å². The molecular formula is C23H23N5.